The summed E-state index contributed by atoms with van der Waals surface area (Å²) < 4.78 is 4.88. The van der Waals surface area contributed by atoms with Gasteiger partial charge in [0.15, 0.2) is 11.6 Å². The number of piperazine rings is 1. The van der Waals surface area contributed by atoms with E-state index in [4.69, 9.17) is 4.74 Å². The van der Waals surface area contributed by atoms with Crippen LogP contribution in [-0.2, 0) is 9.53 Å². The summed E-state index contributed by atoms with van der Waals surface area (Å²) >= 11 is 0. The Balaban J connectivity index is 1.30. The largest absolute Gasteiger partial charge is 0.448 e. The Hall–Kier alpha value is -2.58. The van der Waals surface area contributed by atoms with E-state index in [2.05, 4.69) is 33.0 Å². The highest BCUT2D eigenvalue weighted by Crippen LogP contribution is 2.23. The van der Waals surface area contributed by atoms with Crippen molar-refractivity contribution in [2.45, 2.75) is 32.2 Å². The summed E-state index contributed by atoms with van der Waals surface area (Å²) in [6, 6.07) is 4.60. The van der Waals surface area contributed by atoms with Crippen LogP contribution in [0.2, 0.25) is 0 Å². The number of carbonyl (C=O) groups is 2. The average molecular weight is 388 g/mol. The van der Waals surface area contributed by atoms with Crippen molar-refractivity contribution in [1.82, 2.24) is 20.0 Å². The van der Waals surface area contributed by atoms with Gasteiger partial charge in [-0.05, 0) is 38.3 Å². The maximum Gasteiger partial charge on any atom is 0.410 e. The van der Waals surface area contributed by atoms with Gasteiger partial charge < -0.3 is 19.4 Å². The van der Waals surface area contributed by atoms with Gasteiger partial charge in [-0.25, -0.2) is 4.79 Å². The predicted molar refractivity (Wildman–Crippen MR) is 104 cm³/mol. The van der Waals surface area contributed by atoms with Crippen molar-refractivity contribution >= 4 is 23.6 Å². The Kier molecular flexibility index (Phi) is 5.50. The summed E-state index contributed by atoms with van der Waals surface area (Å²) in [5, 5.41) is 8.89. The predicted octanol–water partition coefficient (Wildman–Crippen LogP) is 0.956. The Morgan fingerprint density at radius 2 is 1.82 bits per heavy atom. The first-order chi connectivity index (χ1) is 13.6. The Bertz CT molecular complexity index is 704. The fourth-order valence-corrected chi connectivity index (χ4v) is 4.10. The first-order valence-electron chi connectivity index (χ1n) is 10.2. The van der Waals surface area contributed by atoms with E-state index < -0.39 is 6.09 Å². The fraction of sp³-hybridized carbons (Fsp3) is 0.684. The highest BCUT2D eigenvalue weighted by Gasteiger charge is 2.28. The number of hydrogen-bond donors (Lipinski definition) is 0. The first kappa shape index (κ1) is 18.8. The molecule has 9 heteroatoms. The summed E-state index contributed by atoms with van der Waals surface area (Å²) in [7, 11) is 0. The van der Waals surface area contributed by atoms with E-state index in [1.807, 2.05) is 6.07 Å². The van der Waals surface area contributed by atoms with E-state index in [9.17, 15) is 9.59 Å². The standard InChI is InChI=1S/C19H28N6O3/c1-15-4-2-3-7-25(15)17-6-5-16(20-21-17)22-8-10-23(11-9-22)18(26)14-24-12-13-28-19(24)27/h5-6,15H,2-4,7-14H2,1H3. The zero-order chi connectivity index (χ0) is 19.5. The minimum atomic E-state index is -0.398. The molecule has 3 aliphatic rings. The number of amides is 2. The van der Waals surface area contributed by atoms with Crippen LogP contribution in [0, 0.1) is 0 Å². The van der Waals surface area contributed by atoms with Gasteiger partial charge in [-0.15, -0.1) is 10.2 Å². The van der Waals surface area contributed by atoms with Crippen molar-refractivity contribution in [3.05, 3.63) is 12.1 Å². The Morgan fingerprint density at radius 3 is 2.46 bits per heavy atom. The molecule has 9 nitrogen and oxygen atoms in total. The number of hydrogen-bond acceptors (Lipinski definition) is 7. The topological polar surface area (TPSA) is 82.1 Å². The van der Waals surface area contributed by atoms with Crippen LogP contribution in [0.15, 0.2) is 12.1 Å². The molecule has 3 aliphatic heterocycles. The molecule has 0 bridgehead atoms. The van der Waals surface area contributed by atoms with Gasteiger partial charge in [0.05, 0.1) is 6.54 Å². The summed E-state index contributed by atoms with van der Waals surface area (Å²) in [5.41, 5.74) is 0. The smallest absolute Gasteiger partial charge is 0.410 e. The molecule has 0 aliphatic carbocycles. The normalized spacial score (nSPS) is 23.2. The van der Waals surface area contributed by atoms with Crippen LogP contribution in [0.1, 0.15) is 26.2 Å². The number of anilines is 2. The lowest BCUT2D eigenvalue weighted by Gasteiger charge is -2.36. The zero-order valence-electron chi connectivity index (χ0n) is 16.4. The third-order valence-corrected chi connectivity index (χ3v) is 5.86. The molecule has 1 aromatic heterocycles. The number of aromatic nitrogens is 2. The van der Waals surface area contributed by atoms with Crippen LogP contribution in [0.5, 0.6) is 0 Å². The zero-order valence-corrected chi connectivity index (χ0v) is 16.4. The van der Waals surface area contributed by atoms with Gasteiger partial charge in [-0.3, -0.25) is 9.69 Å². The van der Waals surface area contributed by atoms with Crippen molar-refractivity contribution in [3.8, 4) is 0 Å². The molecular weight excluding hydrogens is 360 g/mol. The van der Waals surface area contributed by atoms with Gasteiger partial charge in [0, 0.05) is 38.8 Å². The Morgan fingerprint density at radius 1 is 1.07 bits per heavy atom. The lowest BCUT2D eigenvalue weighted by molar-refractivity contribution is -0.132. The van der Waals surface area contributed by atoms with Crippen molar-refractivity contribution in [2.24, 2.45) is 0 Å². The number of ether oxygens (including phenoxy) is 1. The molecule has 1 atom stereocenters. The van der Waals surface area contributed by atoms with Crippen LogP contribution in [0.4, 0.5) is 16.4 Å². The summed E-state index contributed by atoms with van der Waals surface area (Å²) in [6.07, 6.45) is 3.30. The molecule has 2 amide bonds. The third-order valence-electron chi connectivity index (χ3n) is 5.86. The highest BCUT2D eigenvalue weighted by atomic mass is 16.6. The molecule has 0 saturated carbocycles. The van der Waals surface area contributed by atoms with Gasteiger partial charge in [-0.2, -0.15) is 0 Å². The minimum Gasteiger partial charge on any atom is -0.448 e. The number of cyclic esters (lactones) is 1. The van der Waals surface area contributed by atoms with Crippen LogP contribution in [0.25, 0.3) is 0 Å². The summed E-state index contributed by atoms with van der Waals surface area (Å²) in [5.74, 6) is 1.77. The van der Waals surface area contributed by atoms with E-state index in [1.54, 1.807) is 4.90 Å². The molecule has 4 rings (SSSR count). The second-order valence-electron chi connectivity index (χ2n) is 7.69. The average Bonchev–Trinajstić information content (AvgIpc) is 3.13. The second kappa shape index (κ2) is 8.20. The maximum atomic E-state index is 12.4. The van der Waals surface area contributed by atoms with Crippen molar-refractivity contribution in [3.63, 3.8) is 0 Å². The van der Waals surface area contributed by atoms with E-state index in [0.717, 1.165) is 18.2 Å². The third kappa shape index (κ3) is 3.98. The van der Waals surface area contributed by atoms with E-state index >= 15 is 0 Å². The molecule has 0 aromatic carbocycles. The number of nitrogens with zero attached hydrogens (tertiary/aromatic N) is 6. The first-order valence-corrected chi connectivity index (χ1v) is 10.2. The molecule has 0 spiro atoms. The monoisotopic (exact) mass is 388 g/mol. The van der Waals surface area contributed by atoms with E-state index in [1.165, 1.54) is 24.2 Å². The van der Waals surface area contributed by atoms with Crippen LogP contribution >= 0.6 is 0 Å². The summed E-state index contributed by atoms with van der Waals surface area (Å²) in [6.45, 7) is 6.90. The fourth-order valence-electron chi connectivity index (χ4n) is 4.10. The molecule has 3 saturated heterocycles. The van der Waals surface area contributed by atoms with Crippen molar-refractivity contribution in [2.75, 3.05) is 62.2 Å². The van der Waals surface area contributed by atoms with Crippen LogP contribution in [-0.4, -0.2) is 90.5 Å². The number of carbonyl (C=O) groups excluding carboxylic acids is 2. The Labute approximate surface area is 165 Å². The number of rotatable bonds is 4. The molecule has 0 N–H and O–H groups in total. The molecule has 152 valence electrons. The van der Waals surface area contributed by atoms with Gasteiger partial charge in [0.25, 0.3) is 0 Å². The number of piperidine rings is 1. The molecule has 28 heavy (non-hydrogen) atoms. The van der Waals surface area contributed by atoms with E-state index in [-0.39, 0.29) is 12.5 Å². The minimum absolute atomic E-state index is 0.0287. The lowest BCUT2D eigenvalue weighted by atomic mass is 10.0. The van der Waals surface area contributed by atoms with Gasteiger partial charge in [0.1, 0.15) is 13.2 Å². The second-order valence-corrected chi connectivity index (χ2v) is 7.69. The maximum absolute atomic E-state index is 12.4. The van der Waals surface area contributed by atoms with Gasteiger partial charge in [0.2, 0.25) is 5.91 Å². The van der Waals surface area contributed by atoms with Gasteiger partial charge >= 0.3 is 6.09 Å². The van der Waals surface area contributed by atoms with Crippen molar-refractivity contribution < 1.29 is 14.3 Å². The molecule has 0 radical (unpaired) electrons. The molecule has 1 aromatic rings. The van der Waals surface area contributed by atoms with E-state index in [0.29, 0.717) is 45.4 Å². The van der Waals surface area contributed by atoms with Gasteiger partial charge in [-0.1, -0.05) is 0 Å². The molecule has 4 heterocycles. The summed E-state index contributed by atoms with van der Waals surface area (Å²) in [4.78, 5) is 31.7. The highest BCUT2D eigenvalue weighted by molar-refractivity contribution is 5.83. The van der Waals surface area contributed by atoms with Crippen LogP contribution in [0.3, 0.4) is 0 Å². The SMILES string of the molecule is CC1CCCCN1c1ccc(N2CCN(C(=O)CN3CCOC3=O)CC2)nn1. The lowest BCUT2D eigenvalue weighted by Crippen LogP contribution is -2.51. The molecular formula is C19H28N6O3. The van der Waals surface area contributed by atoms with Crippen molar-refractivity contribution in [1.29, 1.82) is 0 Å². The molecule has 3 fully saturated rings. The van der Waals surface area contributed by atoms with Crippen LogP contribution < -0.4 is 9.80 Å². The quantitative estimate of drug-likeness (QED) is 0.760. The molecule has 1 unspecified atom stereocenters.